The number of carboxylic acid groups (broad SMARTS) is 1. The van der Waals surface area contributed by atoms with Gasteiger partial charge in [-0.3, -0.25) is 9.59 Å². The van der Waals surface area contributed by atoms with E-state index in [1.54, 1.807) is 0 Å². The standard InChI is InChI=1S/C15H16BrNO3/c16-13-8-4-1-5-10(13)9-17-14(18)11-6-2-3-7-12(11)15(19)20/h1-5,8,11-12H,6-7,9H2,(H,17,18)(H,19,20)/t11-,12+/m1/s1. The molecule has 0 unspecified atom stereocenters. The SMILES string of the molecule is O=C(O)[C@H]1CC=CC[C@H]1C(=O)NCc1ccccc1Br. The Bertz CT molecular complexity index is 542. The van der Waals surface area contributed by atoms with Gasteiger partial charge in [0.1, 0.15) is 0 Å². The van der Waals surface area contributed by atoms with Crippen molar-refractivity contribution >= 4 is 27.8 Å². The summed E-state index contributed by atoms with van der Waals surface area (Å²) in [6.45, 7) is 0.396. The lowest BCUT2D eigenvalue weighted by atomic mass is 9.82. The summed E-state index contributed by atoms with van der Waals surface area (Å²) in [7, 11) is 0. The second kappa shape index (κ2) is 6.70. The van der Waals surface area contributed by atoms with Crippen LogP contribution in [-0.4, -0.2) is 17.0 Å². The molecule has 0 aromatic heterocycles. The molecule has 1 aliphatic rings. The molecule has 0 aliphatic heterocycles. The van der Waals surface area contributed by atoms with E-state index in [1.807, 2.05) is 36.4 Å². The number of hydrogen-bond acceptors (Lipinski definition) is 2. The molecule has 0 spiro atoms. The Hall–Kier alpha value is -1.62. The van der Waals surface area contributed by atoms with Crippen LogP contribution in [0.3, 0.4) is 0 Å². The third-order valence-electron chi connectivity index (χ3n) is 3.50. The summed E-state index contributed by atoms with van der Waals surface area (Å²) >= 11 is 3.42. The average molecular weight is 338 g/mol. The molecule has 4 nitrogen and oxygen atoms in total. The van der Waals surface area contributed by atoms with Gasteiger partial charge >= 0.3 is 5.97 Å². The number of carboxylic acids is 1. The Morgan fingerprint density at radius 1 is 1.20 bits per heavy atom. The Balaban J connectivity index is 1.99. The summed E-state index contributed by atoms with van der Waals surface area (Å²) < 4.78 is 0.929. The van der Waals surface area contributed by atoms with Crippen molar-refractivity contribution in [3.63, 3.8) is 0 Å². The zero-order chi connectivity index (χ0) is 14.5. The summed E-state index contributed by atoms with van der Waals surface area (Å²) in [4.78, 5) is 23.4. The van der Waals surface area contributed by atoms with Crippen LogP contribution in [0.25, 0.3) is 0 Å². The van der Waals surface area contributed by atoms with Crippen molar-refractivity contribution in [3.05, 3.63) is 46.5 Å². The number of carbonyl (C=O) groups is 2. The largest absolute Gasteiger partial charge is 0.481 e. The monoisotopic (exact) mass is 337 g/mol. The number of halogens is 1. The normalized spacial score (nSPS) is 21.4. The first-order chi connectivity index (χ1) is 9.59. The third-order valence-corrected chi connectivity index (χ3v) is 4.27. The van der Waals surface area contributed by atoms with Crippen LogP contribution in [0.15, 0.2) is 40.9 Å². The highest BCUT2D eigenvalue weighted by atomic mass is 79.9. The van der Waals surface area contributed by atoms with Gasteiger partial charge in [0, 0.05) is 11.0 Å². The quantitative estimate of drug-likeness (QED) is 0.830. The van der Waals surface area contributed by atoms with Crippen molar-refractivity contribution in [2.45, 2.75) is 19.4 Å². The summed E-state index contributed by atoms with van der Waals surface area (Å²) in [5.41, 5.74) is 0.971. The maximum absolute atomic E-state index is 12.2. The van der Waals surface area contributed by atoms with E-state index >= 15 is 0 Å². The van der Waals surface area contributed by atoms with Crippen LogP contribution in [0.4, 0.5) is 0 Å². The maximum atomic E-state index is 12.2. The highest BCUT2D eigenvalue weighted by Gasteiger charge is 2.33. The molecule has 20 heavy (non-hydrogen) atoms. The van der Waals surface area contributed by atoms with E-state index < -0.39 is 17.8 Å². The van der Waals surface area contributed by atoms with Gasteiger partial charge in [-0.1, -0.05) is 46.3 Å². The molecule has 0 radical (unpaired) electrons. The Morgan fingerprint density at radius 3 is 2.50 bits per heavy atom. The minimum atomic E-state index is -0.907. The molecule has 1 aromatic rings. The molecule has 0 fully saturated rings. The van der Waals surface area contributed by atoms with Crippen molar-refractivity contribution in [3.8, 4) is 0 Å². The smallest absolute Gasteiger partial charge is 0.307 e. The van der Waals surface area contributed by atoms with Crippen LogP contribution in [0.1, 0.15) is 18.4 Å². The van der Waals surface area contributed by atoms with Gasteiger partial charge in [0.2, 0.25) is 5.91 Å². The molecule has 2 atom stereocenters. The van der Waals surface area contributed by atoms with E-state index in [1.165, 1.54) is 0 Å². The zero-order valence-electron chi connectivity index (χ0n) is 10.9. The highest BCUT2D eigenvalue weighted by molar-refractivity contribution is 9.10. The molecule has 2 N–H and O–H groups in total. The number of aliphatic carboxylic acids is 1. The number of allylic oxidation sites excluding steroid dienone is 2. The van der Waals surface area contributed by atoms with Gasteiger partial charge in [0.05, 0.1) is 11.8 Å². The van der Waals surface area contributed by atoms with Crippen molar-refractivity contribution in [1.29, 1.82) is 0 Å². The number of benzene rings is 1. The Kier molecular flexibility index (Phi) is 4.95. The summed E-state index contributed by atoms with van der Waals surface area (Å²) in [5.74, 6) is -2.22. The second-order valence-electron chi connectivity index (χ2n) is 4.80. The molecule has 0 heterocycles. The van der Waals surface area contributed by atoms with Gasteiger partial charge in [-0.15, -0.1) is 0 Å². The summed E-state index contributed by atoms with van der Waals surface area (Å²) in [6, 6.07) is 7.63. The molecule has 2 rings (SSSR count). The third kappa shape index (κ3) is 3.48. The molecule has 0 saturated heterocycles. The van der Waals surface area contributed by atoms with Crippen LogP contribution < -0.4 is 5.32 Å². The first-order valence-corrected chi connectivity index (χ1v) is 7.28. The van der Waals surface area contributed by atoms with Crippen molar-refractivity contribution < 1.29 is 14.7 Å². The number of nitrogens with one attached hydrogen (secondary N) is 1. The van der Waals surface area contributed by atoms with E-state index in [4.69, 9.17) is 5.11 Å². The lowest BCUT2D eigenvalue weighted by Crippen LogP contribution is -2.38. The highest BCUT2D eigenvalue weighted by Crippen LogP contribution is 2.26. The summed E-state index contributed by atoms with van der Waals surface area (Å²) in [5, 5.41) is 12.0. The van der Waals surface area contributed by atoms with Gasteiger partial charge in [-0.25, -0.2) is 0 Å². The van der Waals surface area contributed by atoms with Gasteiger partial charge in [-0.2, -0.15) is 0 Å². The first kappa shape index (κ1) is 14.8. The molecule has 5 heteroatoms. The minimum absolute atomic E-state index is 0.197. The van der Waals surface area contributed by atoms with E-state index in [-0.39, 0.29) is 5.91 Å². The Morgan fingerprint density at radius 2 is 1.85 bits per heavy atom. The molecule has 1 amide bonds. The molecule has 106 valence electrons. The minimum Gasteiger partial charge on any atom is -0.481 e. The summed E-state index contributed by atoms with van der Waals surface area (Å²) in [6.07, 6.45) is 4.61. The molecule has 1 aliphatic carbocycles. The molecule has 0 saturated carbocycles. The number of carbonyl (C=O) groups excluding carboxylic acids is 1. The van der Waals surface area contributed by atoms with Crippen molar-refractivity contribution in [1.82, 2.24) is 5.32 Å². The average Bonchev–Trinajstić information content (AvgIpc) is 2.46. The molecular weight excluding hydrogens is 322 g/mol. The first-order valence-electron chi connectivity index (χ1n) is 6.48. The lowest BCUT2D eigenvalue weighted by molar-refractivity contribution is -0.147. The second-order valence-corrected chi connectivity index (χ2v) is 5.66. The predicted octanol–water partition coefficient (Wildman–Crippen LogP) is 2.73. The van der Waals surface area contributed by atoms with Gasteiger partial charge in [0.25, 0.3) is 0 Å². The van der Waals surface area contributed by atoms with Gasteiger partial charge < -0.3 is 10.4 Å². The van der Waals surface area contributed by atoms with E-state index in [0.29, 0.717) is 19.4 Å². The van der Waals surface area contributed by atoms with Gasteiger partial charge in [-0.05, 0) is 24.5 Å². The predicted molar refractivity (Wildman–Crippen MR) is 79.0 cm³/mol. The van der Waals surface area contributed by atoms with Crippen LogP contribution in [-0.2, 0) is 16.1 Å². The molecule has 0 bridgehead atoms. The fourth-order valence-electron chi connectivity index (χ4n) is 2.33. The van der Waals surface area contributed by atoms with Crippen LogP contribution in [0.5, 0.6) is 0 Å². The van der Waals surface area contributed by atoms with E-state index in [9.17, 15) is 9.59 Å². The fourth-order valence-corrected chi connectivity index (χ4v) is 2.76. The topological polar surface area (TPSA) is 66.4 Å². The van der Waals surface area contributed by atoms with Crippen molar-refractivity contribution in [2.75, 3.05) is 0 Å². The van der Waals surface area contributed by atoms with E-state index in [0.717, 1.165) is 10.0 Å². The molecular formula is C15H16BrNO3. The lowest BCUT2D eigenvalue weighted by Gasteiger charge is -2.24. The van der Waals surface area contributed by atoms with Crippen LogP contribution >= 0.6 is 15.9 Å². The fraction of sp³-hybridized carbons (Fsp3) is 0.333. The van der Waals surface area contributed by atoms with Crippen molar-refractivity contribution in [2.24, 2.45) is 11.8 Å². The van der Waals surface area contributed by atoms with Crippen LogP contribution in [0.2, 0.25) is 0 Å². The number of hydrogen-bond donors (Lipinski definition) is 2. The number of amides is 1. The Labute approximate surface area is 126 Å². The van der Waals surface area contributed by atoms with E-state index in [2.05, 4.69) is 21.2 Å². The zero-order valence-corrected chi connectivity index (χ0v) is 12.5. The number of rotatable bonds is 4. The van der Waals surface area contributed by atoms with Crippen LogP contribution in [0, 0.1) is 11.8 Å². The van der Waals surface area contributed by atoms with Gasteiger partial charge in [0.15, 0.2) is 0 Å². The molecule has 1 aromatic carbocycles. The maximum Gasteiger partial charge on any atom is 0.307 e.